The first kappa shape index (κ1) is 11.7. The third-order valence-electron chi connectivity index (χ3n) is 2.30. The van der Waals surface area contributed by atoms with Crippen molar-refractivity contribution in [2.75, 3.05) is 6.54 Å². The molecule has 0 aliphatic carbocycles. The first-order chi connectivity index (χ1) is 7.13. The molecule has 1 aromatic rings. The van der Waals surface area contributed by atoms with Gasteiger partial charge in [-0.1, -0.05) is 6.07 Å². The SMILES string of the molecule is Cc1ccc(F)cc1CNCC(C)C#N. The number of hydrogen-bond acceptors (Lipinski definition) is 2. The third-order valence-corrected chi connectivity index (χ3v) is 2.30. The van der Waals surface area contributed by atoms with Crippen molar-refractivity contribution in [2.45, 2.75) is 20.4 Å². The van der Waals surface area contributed by atoms with Crippen LogP contribution in [-0.4, -0.2) is 6.54 Å². The maximum atomic E-state index is 12.9. The second-order valence-corrected chi connectivity index (χ2v) is 3.73. The van der Waals surface area contributed by atoms with E-state index in [1.807, 2.05) is 13.8 Å². The largest absolute Gasteiger partial charge is 0.311 e. The van der Waals surface area contributed by atoms with E-state index in [9.17, 15) is 4.39 Å². The molecule has 0 fully saturated rings. The number of rotatable bonds is 4. The van der Waals surface area contributed by atoms with Crippen LogP contribution in [0.5, 0.6) is 0 Å². The highest BCUT2D eigenvalue weighted by Gasteiger charge is 2.02. The standard InChI is InChI=1S/C12H15FN2/c1-9(6-14)7-15-8-11-5-12(13)4-3-10(11)2/h3-5,9,15H,7-8H2,1-2H3. The molecule has 0 bridgehead atoms. The Labute approximate surface area is 89.7 Å². The van der Waals surface area contributed by atoms with E-state index in [1.165, 1.54) is 12.1 Å². The summed E-state index contributed by atoms with van der Waals surface area (Å²) in [5.41, 5.74) is 2.01. The predicted octanol–water partition coefficient (Wildman–Crippen LogP) is 2.38. The maximum Gasteiger partial charge on any atom is 0.123 e. The number of halogens is 1. The zero-order valence-electron chi connectivity index (χ0n) is 9.05. The zero-order valence-corrected chi connectivity index (χ0v) is 9.05. The molecule has 0 amide bonds. The Morgan fingerprint density at radius 3 is 2.93 bits per heavy atom. The zero-order chi connectivity index (χ0) is 11.3. The van der Waals surface area contributed by atoms with Gasteiger partial charge in [0.1, 0.15) is 5.82 Å². The molecular formula is C12H15FN2. The monoisotopic (exact) mass is 206 g/mol. The Morgan fingerprint density at radius 2 is 2.27 bits per heavy atom. The smallest absolute Gasteiger partial charge is 0.123 e. The quantitative estimate of drug-likeness (QED) is 0.821. The summed E-state index contributed by atoms with van der Waals surface area (Å²) in [6, 6.07) is 6.89. The summed E-state index contributed by atoms with van der Waals surface area (Å²) in [6.07, 6.45) is 0. The van der Waals surface area contributed by atoms with E-state index in [2.05, 4.69) is 11.4 Å². The topological polar surface area (TPSA) is 35.8 Å². The Kier molecular flexibility index (Phi) is 4.26. The van der Waals surface area contributed by atoms with Crippen LogP contribution in [0.2, 0.25) is 0 Å². The van der Waals surface area contributed by atoms with E-state index in [0.717, 1.165) is 11.1 Å². The molecule has 0 saturated heterocycles. The first-order valence-electron chi connectivity index (χ1n) is 4.99. The molecule has 3 heteroatoms. The first-order valence-corrected chi connectivity index (χ1v) is 4.99. The van der Waals surface area contributed by atoms with Crippen molar-refractivity contribution in [3.63, 3.8) is 0 Å². The molecule has 0 spiro atoms. The summed E-state index contributed by atoms with van der Waals surface area (Å²) in [7, 11) is 0. The van der Waals surface area contributed by atoms with E-state index in [4.69, 9.17) is 5.26 Å². The number of hydrogen-bond donors (Lipinski definition) is 1. The van der Waals surface area contributed by atoms with Gasteiger partial charge in [0.15, 0.2) is 0 Å². The van der Waals surface area contributed by atoms with Crippen molar-refractivity contribution in [1.29, 1.82) is 5.26 Å². The molecule has 0 radical (unpaired) electrons. The van der Waals surface area contributed by atoms with E-state index < -0.39 is 0 Å². The number of nitrogens with zero attached hydrogens (tertiary/aromatic N) is 1. The van der Waals surface area contributed by atoms with Gasteiger partial charge < -0.3 is 5.32 Å². The van der Waals surface area contributed by atoms with Gasteiger partial charge in [-0.3, -0.25) is 0 Å². The lowest BCUT2D eigenvalue weighted by Gasteiger charge is -2.08. The average molecular weight is 206 g/mol. The van der Waals surface area contributed by atoms with E-state index in [-0.39, 0.29) is 11.7 Å². The molecule has 1 atom stereocenters. The Hall–Kier alpha value is -1.40. The summed E-state index contributed by atoms with van der Waals surface area (Å²) < 4.78 is 12.9. The summed E-state index contributed by atoms with van der Waals surface area (Å²) in [5.74, 6) is -0.232. The van der Waals surface area contributed by atoms with Crippen molar-refractivity contribution < 1.29 is 4.39 Å². The molecule has 0 aliphatic rings. The van der Waals surface area contributed by atoms with Crippen molar-refractivity contribution in [2.24, 2.45) is 5.92 Å². The molecule has 15 heavy (non-hydrogen) atoms. The van der Waals surface area contributed by atoms with Crippen LogP contribution in [0.1, 0.15) is 18.1 Å². The van der Waals surface area contributed by atoms with E-state index >= 15 is 0 Å². The molecule has 2 nitrogen and oxygen atoms in total. The van der Waals surface area contributed by atoms with Gasteiger partial charge >= 0.3 is 0 Å². The van der Waals surface area contributed by atoms with Crippen LogP contribution >= 0.6 is 0 Å². The van der Waals surface area contributed by atoms with Gasteiger partial charge in [0.2, 0.25) is 0 Å². The van der Waals surface area contributed by atoms with Crippen LogP contribution in [0.15, 0.2) is 18.2 Å². The lowest BCUT2D eigenvalue weighted by atomic mass is 10.1. The lowest BCUT2D eigenvalue weighted by Crippen LogP contribution is -2.20. The minimum Gasteiger partial charge on any atom is -0.311 e. The van der Waals surface area contributed by atoms with Crippen LogP contribution in [0.3, 0.4) is 0 Å². The third kappa shape index (κ3) is 3.69. The van der Waals surface area contributed by atoms with Crippen LogP contribution in [0.25, 0.3) is 0 Å². The Balaban J connectivity index is 2.51. The van der Waals surface area contributed by atoms with Crippen LogP contribution in [-0.2, 0) is 6.54 Å². The molecule has 1 rings (SSSR count). The Morgan fingerprint density at radius 1 is 1.53 bits per heavy atom. The van der Waals surface area contributed by atoms with Crippen LogP contribution in [0, 0.1) is 30.0 Å². The lowest BCUT2D eigenvalue weighted by molar-refractivity contribution is 0.592. The molecule has 1 unspecified atom stereocenters. The van der Waals surface area contributed by atoms with Crippen molar-refractivity contribution >= 4 is 0 Å². The second-order valence-electron chi connectivity index (χ2n) is 3.73. The van der Waals surface area contributed by atoms with Crippen molar-refractivity contribution in [3.05, 3.63) is 35.1 Å². The average Bonchev–Trinajstić information content (AvgIpc) is 2.23. The van der Waals surface area contributed by atoms with Gasteiger partial charge in [-0.05, 0) is 37.1 Å². The van der Waals surface area contributed by atoms with Gasteiger partial charge in [0, 0.05) is 13.1 Å². The van der Waals surface area contributed by atoms with Gasteiger partial charge in [-0.25, -0.2) is 4.39 Å². The molecule has 0 aromatic heterocycles. The molecule has 0 heterocycles. The fourth-order valence-electron chi connectivity index (χ4n) is 1.30. The van der Waals surface area contributed by atoms with E-state index in [0.29, 0.717) is 13.1 Å². The molecule has 1 N–H and O–H groups in total. The number of nitrogens with one attached hydrogen (secondary N) is 1. The van der Waals surface area contributed by atoms with Gasteiger partial charge in [0.05, 0.1) is 12.0 Å². The summed E-state index contributed by atoms with van der Waals surface area (Å²) in [4.78, 5) is 0. The highest BCUT2D eigenvalue weighted by Crippen LogP contribution is 2.09. The van der Waals surface area contributed by atoms with E-state index in [1.54, 1.807) is 6.07 Å². The van der Waals surface area contributed by atoms with Gasteiger partial charge in [-0.2, -0.15) is 5.26 Å². The highest BCUT2D eigenvalue weighted by atomic mass is 19.1. The molecular weight excluding hydrogens is 191 g/mol. The summed E-state index contributed by atoms with van der Waals surface area (Å²) >= 11 is 0. The fourth-order valence-corrected chi connectivity index (χ4v) is 1.30. The van der Waals surface area contributed by atoms with Gasteiger partial charge in [0.25, 0.3) is 0 Å². The fraction of sp³-hybridized carbons (Fsp3) is 0.417. The van der Waals surface area contributed by atoms with Crippen molar-refractivity contribution in [3.8, 4) is 6.07 Å². The summed E-state index contributed by atoms with van der Waals surface area (Å²) in [6.45, 7) is 5.04. The molecule has 80 valence electrons. The van der Waals surface area contributed by atoms with Crippen LogP contribution < -0.4 is 5.32 Å². The maximum absolute atomic E-state index is 12.9. The number of nitriles is 1. The molecule has 1 aromatic carbocycles. The minimum absolute atomic E-state index is 0.0149. The minimum atomic E-state index is -0.217. The second kappa shape index (κ2) is 5.47. The Bertz CT molecular complexity index is 368. The number of benzene rings is 1. The predicted molar refractivity (Wildman–Crippen MR) is 57.6 cm³/mol. The van der Waals surface area contributed by atoms with Crippen molar-refractivity contribution in [1.82, 2.24) is 5.32 Å². The normalized spacial score (nSPS) is 12.1. The van der Waals surface area contributed by atoms with Crippen LogP contribution in [0.4, 0.5) is 4.39 Å². The molecule has 0 aliphatic heterocycles. The summed E-state index contributed by atoms with van der Waals surface area (Å²) in [5, 5.41) is 11.7. The van der Waals surface area contributed by atoms with Gasteiger partial charge in [-0.15, -0.1) is 0 Å². The molecule has 0 saturated carbocycles. The highest BCUT2D eigenvalue weighted by molar-refractivity contribution is 5.26. The number of aryl methyl sites for hydroxylation is 1.